The maximum absolute atomic E-state index is 12.0. The molecule has 7 N–H and O–H groups in total. The molecular weight excluding hydrogens is 356 g/mol. The number of hydrogen-bond acceptors (Lipinski definition) is 8. The number of hydrogen-bond donors (Lipinski definition) is 7. The zero-order valence-corrected chi connectivity index (χ0v) is 13.7. The lowest BCUT2D eigenvalue weighted by atomic mass is 10.0. The summed E-state index contributed by atoms with van der Waals surface area (Å²) < 4.78 is 0. The van der Waals surface area contributed by atoms with Crippen LogP contribution in [0.15, 0.2) is 54.6 Å². The van der Waals surface area contributed by atoms with E-state index in [2.05, 4.69) is 0 Å². The summed E-state index contributed by atoms with van der Waals surface area (Å²) in [6.07, 6.45) is 0. The van der Waals surface area contributed by atoms with Gasteiger partial charge in [-0.25, -0.2) is 0 Å². The summed E-state index contributed by atoms with van der Waals surface area (Å²) in [4.78, 5) is 12.0. The van der Waals surface area contributed by atoms with Crippen LogP contribution in [0.5, 0.6) is 40.2 Å². The van der Waals surface area contributed by atoms with Crippen molar-refractivity contribution >= 4 is 5.78 Å². The second-order valence-corrected chi connectivity index (χ2v) is 5.39. The van der Waals surface area contributed by atoms with Crippen molar-refractivity contribution in [2.75, 3.05) is 0 Å². The Kier molecular flexibility index (Phi) is 5.62. The highest BCUT2D eigenvalue weighted by molar-refractivity contribution is 6.11. The van der Waals surface area contributed by atoms with Gasteiger partial charge in [0.05, 0.1) is 5.56 Å². The van der Waals surface area contributed by atoms with E-state index in [1.54, 1.807) is 18.2 Å². The minimum absolute atomic E-state index is 0.146. The quantitative estimate of drug-likeness (QED) is 0.205. The molecule has 27 heavy (non-hydrogen) atoms. The maximum atomic E-state index is 12.0. The number of benzene rings is 3. The van der Waals surface area contributed by atoms with E-state index >= 15 is 0 Å². The van der Waals surface area contributed by atoms with Crippen molar-refractivity contribution in [3.63, 3.8) is 0 Å². The predicted molar refractivity (Wildman–Crippen MR) is 94.4 cm³/mol. The van der Waals surface area contributed by atoms with Crippen LogP contribution >= 0.6 is 0 Å². The van der Waals surface area contributed by atoms with Crippen LogP contribution in [0.3, 0.4) is 0 Å². The van der Waals surface area contributed by atoms with Gasteiger partial charge in [-0.05, 0) is 6.07 Å². The van der Waals surface area contributed by atoms with E-state index in [0.29, 0.717) is 0 Å². The SMILES string of the molecule is O=C(c1ccccc1)c1cc(O)c(O)c(O)c1O.Oc1cc(O)cc(O)c1. The molecule has 0 amide bonds. The summed E-state index contributed by atoms with van der Waals surface area (Å²) in [5.41, 5.74) is 0.00582. The van der Waals surface area contributed by atoms with Gasteiger partial charge in [0.25, 0.3) is 0 Å². The highest BCUT2D eigenvalue weighted by Gasteiger charge is 2.21. The summed E-state index contributed by atoms with van der Waals surface area (Å²) in [7, 11) is 0. The molecular formula is C19H16O8. The van der Waals surface area contributed by atoms with Crippen LogP contribution in [0, 0.1) is 0 Å². The molecule has 3 rings (SSSR count). The Balaban J connectivity index is 0.000000244. The monoisotopic (exact) mass is 372 g/mol. The van der Waals surface area contributed by atoms with Gasteiger partial charge in [0.15, 0.2) is 17.3 Å². The molecule has 0 aliphatic rings. The molecule has 0 unspecified atom stereocenters. The molecule has 8 heteroatoms. The van der Waals surface area contributed by atoms with Crippen LogP contribution in [0.1, 0.15) is 15.9 Å². The van der Waals surface area contributed by atoms with Gasteiger partial charge in [0, 0.05) is 23.8 Å². The molecule has 0 heterocycles. The van der Waals surface area contributed by atoms with Crippen molar-refractivity contribution in [3.8, 4) is 40.2 Å². The van der Waals surface area contributed by atoms with E-state index in [4.69, 9.17) is 15.3 Å². The highest BCUT2D eigenvalue weighted by atomic mass is 16.3. The van der Waals surface area contributed by atoms with Gasteiger partial charge in [-0.3, -0.25) is 4.79 Å². The fraction of sp³-hybridized carbons (Fsp3) is 0. The number of carbonyl (C=O) groups excluding carboxylic acids is 1. The lowest BCUT2D eigenvalue weighted by Crippen LogP contribution is -2.01. The molecule has 3 aromatic carbocycles. The van der Waals surface area contributed by atoms with E-state index in [-0.39, 0.29) is 28.4 Å². The molecule has 0 bridgehead atoms. The number of aromatic hydroxyl groups is 7. The van der Waals surface area contributed by atoms with Gasteiger partial charge >= 0.3 is 0 Å². The fourth-order valence-corrected chi connectivity index (χ4v) is 2.13. The minimum Gasteiger partial charge on any atom is -0.508 e. The minimum atomic E-state index is -0.922. The van der Waals surface area contributed by atoms with Crippen LogP contribution in [-0.4, -0.2) is 41.5 Å². The summed E-state index contributed by atoms with van der Waals surface area (Å²) >= 11 is 0. The Morgan fingerprint density at radius 3 is 1.56 bits per heavy atom. The van der Waals surface area contributed by atoms with Crippen LogP contribution in [0.25, 0.3) is 0 Å². The molecule has 0 aromatic heterocycles. The fourth-order valence-electron chi connectivity index (χ4n) is 2.13. The first-order valence-corrected chi connectivity index (χ1v) is 7.49. The summed E-state index contributed by atoms with van der Waals surface area (Å²) in [6, 6.07) is 12.4. The third-order valence-corrected chi connectivity index (χ3v) is 3.40. The molecule has 0 fully saturated rings. The topological polar surface area (TPSA) is 159 Å². The second kappa shape index (κ2) is 7.87. The molecule has 3 aromatic rings. The van der Waals surface area contributed by atoms with Gasteiger partial charge in [0.1, 0.15) is 17.2 Å². The number of phenols is 7. The van der Waals surface area contributed by atoms with Crippen molar-refractivity contribution in [2.24, 2.45) is 0 Å². The smallest absolute Gasteiger partial charge is 0.205 e. The first kappa shape index (κ1) is 19.3. The third-order valence-electron chi connectivity index (χ3n) is 3.40. The normalized spacial score (nSPS) is 9.93. The Morgan fingerprint density at radius 1 is 0.593 bits per heavy atom. The standard InChI is InChI=1S/C13H10O5.C6H6O3/c14-9-6-8(11(16)13(18)12(9)17)10(15)7-4-2-1-3-5-7;7-4-1-5(8)3-6(9)2-4/h1-6,14,16-18H;1-3,7-9H. The van der Waals surface area contributed by atoms with E-state index < -0.39 is 28.8 Å². The third kappa shape index (κ3) is 4.51. The van der Waals surface area contributed by atoms with Gasteiger partial charge in [-0.2, -0.15) is 0 Å². The number of carbonyl (C=O) groups is 1. The summed E-state index contributed by atoms with van der Waals surface area (Å²) in [5.74, 6) is -4.23. The zero-order chi connectivity index (χ0) is 20.1. The summed E-state index contributed by atoms with van der Waals surface area (Å²) in [6.45, 7) is 0. The van der Waals surface area contributed by atoms with E-state index in [0.717, 1.165) is 24.3 Å². The van der Waals surface area contributed by atoms with Crippen LogP contribution < -0.4 is 0 Å². The van der Waals surface area contributed by atoms with Gasteiger partial charge in [0.2, 0.25) is 11.5 Å². The molecule has 0 radical (unpaired) electrons. The molecule has 0 atom stereocenters. The van der Waals surface area contributed by atoms with Gasteiger partial charge < -0.3 is 35.7 Å². The molecule has 0 spiro atoms. The van der Waals surface area contributed by atoms with Crippen molar-refractivity contribution in [1.29, 1.82) is 0 Å². The van der Waals surface area contributed by atoms with Gasteiger partial charge in [-0.1, -0.05) is 30.3 Å². The number of phenolic OH excluding ortho intramolecular Hbond substituents is 7. The molecule has 0 saturated heterocycles. The molecule has 8 nitrogen and oxygen atoms in total. The first-order valence-electron chi connectivity index (χ1n) is 7.49. The average Bonchev–Trinajstić information content (AvgIpc) is 2.62. The zero-order valence-electron chi connectivity index (χ0n) is 13.7. The maximum Gasteiger partial charge on any atom is 0.205 e. The van der Waals surface area contributed by atoms with E-state index in [9.17, 15) is 25.2 Å². The predicted octanol–water partition coefficient (Wildman–Crippen LogP) is 2.54. The van der Waals surface area contributed by atoms with Crippen molar-refractivity contribution in [3.05, 3.63) is 65.7 Å². The van der Waals surface area contributed by atoms with Crippen molar-refractivity contribution < 1.29 is 40.5 Å². The van der Waals surface area contributed by atoms with Gasteiger partial charge in [-0.15, -0.1) is 0 Å². The summed E-state index contributed by atoms with van der Waals surface area (Å²) in [5, 5.41) is 63.5. The lowest BCUT2D eigenvalue weighted by Gasteiger charge is -2.08. The average molecular weight is 372 g/mol. The van der Waals surface area contributed by atoms with Crippen LogP contribution in [0.2, 0.25) is 0 Å². The Hall–Kier alpha value is -4.07. The Morgan fingerprint density at radius 2 is 1.07 bits per heavy atom. The van der Waals surface area contributed by atoms with Crippen molar-refractivity contribution in [2.45, 2.75) is 0 Å². The highest BCUT2D eigenvalue weighted by Crippen LogP contribution is 2.44. The lowest BCUT2D eigenvalue weighted by molar-refractivity contribution is 0.103. The van der Waals surface area contributed by atoms with E-state index in [1.807, 2.05) is 0 Å². The molecule has 140 valence electrons. The first-order chi connectivity index (χ1) is 12.7. The Bertz CT molecular complexity index is 917. The Labute approximate surface area is 153 Å². The van der Waals surface area contributed by atoms with Crippen molar-refractivity contribution in [1.82, 2.24) is 0 Å². The molecule has 0 aliphatic carbocycles. The molecule has 0 saturated carbocycles. The van der Waals surface area contributed by atoms with Crippen LogP contribution in [-0.2, 0) is 0 Å². The molecule has 0 aliphatic heterocycles. The number of rotatable bonds is 2. The number of ketones is 1. The van der Waals surface area contributed by atoms with E-state index in [1.165, 1.54) is 12.1 Å². The second-order valence-electron chi connectivity index (χ2n) is 5.39. The largest absolute Gasteiger partial charge is 0.508 e. The van der Waals surface area contributed by atoms with Crippen LogP contribution in [0.4, 0.5) is 0 Å².